The van der Waals surface area contributed by atoms with Gasteiger partial charge >= 0.3 is 0 Å². The summed E-state index contributed by atoms with van der Waals surface area (Å²) in [5, 5.41) is 0. The van der Waals surface area contributed by atoms with E-state index in [1.54, 1.807) is 4.90 Å². The maximum Gasteiger partial charge on any atom is 0.229 e. The number of piperidine rings is 1. The fourth-order valence-corrected chi connectivity index (χ4v) is 10.7. The van der Waals surface area contributed by atoms with Crippen molar-refractivity contribution in [1.82, 2.24) is 9.21 Å². The second-order valence-corrected chi connectivity index (χ2v) is 19.2. The van der Waals surface area contributed by atoms with E-state index in [-0.39, 0.29) is 78.6 Å². The van der Waals surface area contributed by atoms with Gasteiger partial charge in [0.25, 0.3) is 0 Å². The number of carbonyl (C=O) groups excluding carboxylic acids is 5. The molecule has 5 atom stereocenters. The van der Waals surface area contributed by atoms with Gasteiger partial charge in [0.05, 0.1) is 24.3 Å². The van der Waals surface area contributed by atoms with Crippen LogP contribution in [-0.4, -0.2) is 92.3 Å². The van der Waals surface area contributed by atoms with Crippen LogP contribution in [0.5, 0.6) is 0 Å². The van der Waals surface area contributed by atoms with Gasteiger partial charge in [0.15, 0.2) is 11.6 Å². The molecular formula is C38H60N2O8S. The summed E-state index contributed by atoms with van der Waals surface area (Å²) in [6.07, 6.45) is 11.1. The molecule has 0 aromatic carbocycles. The molecule has 276 valence electrons. The third-order valence-electron chi connectivity index (χ3n) is 12.6. The van der Waals surface area contributed by atoms with Crippen molar-refractivity contribution in [2.75, 3.05) is 39.6 Å². The second kappa shape index (κ2) is 15.7. The largest absolute Gasteiger partial charge is 0.381 e. The van der Waals surface area contributed by atoms with Crippen molar-refractivity contribution in [2.45, 2.75) is 129 Å². The predicted molar refractivity (Wildman–Crippen MR) is 186 cm³/mol. The Morgan fingerprint density at radius 1 is 0.898 bits per heavy atom. The van der Waals surface area contributed by atoms with Crippen molar-refractivity contribution in [1.29, 1.82) is 0 Å². The Hall–Kier alpha value is -1.98. The molecule has 0 radical (unpaired) electrons. The van der Waals surface area contributed by atoms with Gasteiger partial charge in [-0.2, -0.15) is 0 Å². The lowest BCUT2D eigenvalue weighted by Gasteiger charge is -2.38. The first kappa shape index (κ1) is 38.3. The highest BCUT2D eigenvalue weighted by atomic mass is 32.2. The van der Waals surface area contributed by atoms with Gasteiger partial charge in [-0.25, -0.2) is 12.7 Å². The first-order valence-corrected chi connectivity index (χ1v) is 20.7. The highest BCUT2D eigenvalue weighted by molar-refractivity contribution is 7.89. The summed E-state index contributed by atoms with van der Waals surface area (Å²) in [5.41, 5.74) is -0.775. The second-order valence-electron chi connectivity index (χ2n) is 17.0. The van der Waals surface area contributed by atoms with Crippen LogP contribution in [0.2, 0.25) is 0 Å². The molecular weight excluding hydrogens is 644 g/mol. The lowest BCUT2D eigenvalue weighted by Crippen LogP contribution is -2.49. The topological polar surface area (TPSA) is 135 Å². The molecule has 3 saturated carbocycles. The normalized spacial score (nSPS) is 31.2. The third kappa shape index (κ3) is 9.28. The molecule has 0 unspecified atom stereocenters. The lowest BCUT2D eigenvalue weighted by atomic mass is 9.71. The van der Waals surface area contributed by atoms with Gasteiger partial charge in [-0.15, -0.1) is 0 Å². The van der Waals surface area contributed by atoms with E-state index in [9.17, 15) is 32.4 Å². The van der Waals surface area contributed by atoms with Crippen LogP contribution in [0.15, 0.2) is 0 Å². The Kier molecular flexibility index (Phi) is 12.3. The number of hydrogen-bond donors (Lipinski definition) is 0. The van der Waals surface area contributed by atoms with Crippen molar-refractivity contribution < 1.29 is 37.1 Å². The molecule has 5 fully saturated rings. The van der Waals surface area contributed by atoms with Crippen LogP contribution in [0.3, 0.4) is 0 Å². The summed E-state index contributed by atoms with van der Waals surface area (Å²) < 4.78 is 33.3. The van der Waals surface area contributed by atoms with Crippen molar-refractivity contribution in [3.05, 3.63) is 0 Å². The number of ketones is 4. The zero-order chi connectivity index (χ0) is 35.6. The Labute approximate surface area is 293 Å². The maximum absolute atomic E-state index is 14.4. The molecule has 0 aromatic heterocycles. The number of sulfonamides is 1. The molecule has 0 N–H and O–H groups in total. The molecule has 10 nitrogen and oxygen atoms in total. The van der Waals surface area contributed by atoms with Crippen LogP contribution in [0, 0.1) is 40.4 Å². The van der Waals surface area contributed by atoms with E-state index in [1.807, 2.05) is 0 Å². The third-order valence-corrected chi connectivity index (χ3v) is 14.7. The molecule has 0 spiro atoms. The van der Waals surface area contributed by atoms with Crippen LogP contribution < -0.4 is 0 Å². The van der Waals surface area contributed by atoms with Crippen LogP contribution >= 0.6 is 0 Å². The Morgan fingerprint density at radius 3 is 2.22 bits per heavy atom. The SMILES string of the molecule is CN(C)S(=O)(=O)CC1(CC(=O)C[C@H]2COCCCCCCC[C@@H](C(=O)C(=O)CC3CC3)CC(=O)[C@@H]3[C@@H]4[C@H](CN3C2=O)C4(C)C)CCCCC1. The highest BCUT2D eigenvalue weighted by Gasteiger charge is 2.69. The standard InChI is InChI=1S/C38H60N2O8S/c1-37(2)30-23-40-34(33(30)37)31(42)21-27(35(44)32(43)19-26-14-15-26)13-9-6-5-7-12-18-48-24-28(36(40)45)20-29(41)22-38(16-10-8-11-17-38)25-49(46,47)39(3)4/h26-28,30,33-34H,5-25H2,1-4H3/t27-,28+,30+,33+,34-/m1/s1. The molecule has 5 rings (SSSR count). The van der Waals surface area contributed by atoms with Gasteiger partial charge in [0, 0.05) is 58.8 Å². The number of carbonyl (C=O) groups is 5. The molecule has 3 aliphatic carbocycles. The number of Topliss-reactive ketones (excluding diaryl/α,β-unsaturated/α-hetero) is 4. The van der Waals surface area contributed by atoms with E-state index in [0.717, 1.165) is 64.2 Å². The van der Waals surface area contributed by atoms with E-state index < -0.39 is 39.1 Å². The Morgan fingerprint density at radius 2 is 1.55 bits per heavy atom. The highest BCUT2D eigenvalue weighted by Crippen LogP contribution is 2.65. The summed E-state index contributed by atoms with van der Waals surface area (Å²) >= 11 is 0. The van der Waals surface area contributed by atoms with Crippen LogP contribution in [-0.2, 0) is 38.7 Å². The van der Waals surface area contributed by atoms with Gasteiger partial charge in [-0.1, -0.05) is 58.8 Å². The number of ether oxygens (including phenoxy) is 1. The lowest BCUT2D eigenvalue weighted by molar-refractivity contribution is -0.147. The summed E-state index contributed by atoms with van der Waals surface area (Å²) in [6, 6.07) is -0.693. The number of amides is 1. The van der Waals surface area contributed by atoms with Crippen molar-refractivity contribution in [2.24, 2.45) is 40.4 Å². The van der Waals surface area contributed by atoms with Crippen molar-refractivity contribution in [3.63, 3.8) is 0 Å². The molecule has 1 amide bonds. The van der Waals surface area contributed by atoms with E-state index in [2.05, 4.69) is 13.8 Å². The zero-order valence-electron chi connectivity index (χ0n) is 30.4. The minimum absolute atomic E-state index is 0.0280. The molecule has 5 aliphatic rings. The predicted octanol–water partition coefficient (Wildman–Crippen LogP) is 5.16. The van der Waals surface area contributed by atoms with Gasteiger partial charge in [-0.05, 0) is 67.1 Å². The monoisotopic (exact) mass is 704 g/mol. The minimum Gasteiger partial charge on any atom is -0.381 e. The van der Waals surface area contributed by atoms with Crippen LogP contribution in [0.4, 0.5) is 0 Å². The van der Waals surface area contributed by atoms with Gasteiger partial charge in [0.1, 0.15) is 5.78 Å². The van der Waals surface area contributed by atoms with Crippen molar-refractivity contribution >= 4 is 39.1 Å². The summed E-state index contributed by atoms with van der Waals surface area (Å²) in [5.74, 6) is -2.45. The van der Waals surface area contributed by atoms with E-state index in [1.165, 1.54) is 18.4 Å². The average Bonchev–Trinajstić information content (AvgIpc) is 3.88. The van der Waals surface area contributed by atoms with E-state index in [4.69, 9.17) is 4.74 Å². The zero-order valence-corrected chi connectivity index (χ0v) is 31.2. The molecule has 2 aliphatic heterocycles. The number of rotatable bonds is 11. The van der Waals surface area contributed by atoms with Crippen molar-refractivity contribution in [3.8, 4) is 0 Å². The molecule has 0 bridgehead atoms. The maximum atomic E-state index is 14.4. The molecule has 49 heavy (non-hydrogen) atoms. The Balaban J connectivity index is 1.36. The fourth-order valence-electron chi connectivity index (χ4n) is 9.24. The first-order valence-electron chi connectivity index (χ1n) is 19.0. The first-order chi connectivity index (χ1) is 23.1. The van der Waals surface area contributed by atoms with Gasteiger partial charge in [-0.3, -0.25) is 24.0 Å². The van der Waals surface area contributed by atoms with Crippen LogP contribution in [0.25, 0.3) is 0 Å². The van der Waals surface area contributed by atoms with Gasteiger partial charge < -0.3 is 9.64 Å². The molecule has 2 heterocycles. The van der Waals surface area contributed by atoms with E-state index in [0.29, 0.717) is 38.3 Å². The number of hydrogen-bond acceptors (Lipinski definition) is 8. The van der Waals surface area contributed by atoms with Crippen LogP contribution in [0.1, 0.15) is 123 Å². The molecule has 2 saturated heterocycles. The van der Waals surface area contributed by atoms with E-state index >= 15 is 0 Å². The smallest absolute Gasteiger partial charge is 0.229 e. The quantitative estimate of drug-likeness (QED) is 0.269. The fraction of sp³-hybridized carbons (Fsp3) is 0.868. The number of fused-ring (bicyclic) bond motifs is 3. The Bertz CT molecular complexity index is 1360. The van der Waals surface area contributed by atoms with Gasteiger partial charge in [0.2, 0.25) is 21.7 Å². The summed E-state index contributed by atoms with van der Waals surface area (Å²) in [6.45, 7) is 5.18. The number of nitrogens with zero attached hydrogens (tertiary/aromatic N) is 2. The summed E-state index contributed by atoms with van der Waals surface area (Å²) in [4.78, 5) is 70.6. The average molecular weight is 705 g/mol. The minimum atomic E-state index is -3.54. The molecule has 11 heteroatoms. The molecule has 0 aromatic rings. The summed E-state index contributed by atoms with van der Waals surface area (Å²) in [7, 11) is -0.495.